The van der Waals surface area contributed by atoms with Crippen LogP contribution in [-0.4, -0.2) is 35.0 Å². The van der Waals surface area contributed by atoms with Gasteiger partial charge >= 0.3 is 6.09 Å². The highest BCUT2D eigenvalue weighted by Gasteiger charge is 2.38. The Morgan fingerprint density at radius 1 is 1.30 bits per heavy atom. The Hall–Kier alpha value is -1.91. The SMILES string of the molecule is CC(C)(C)OC(=O)N(c1ncccc1C1=NCCCC1)C1CC1. The van der Waals surface area contributed by atoms with Crippen LogP contribution in [0.25, 0.3) is 0 Å². The lowest BCUT2D eigenvalue weighted by Gasteiger charge is -2.28. The molecule has 0 atom stereocenters. The first-order valence-corrected chi connectivity index (χ1v) is 8.46. The lowest BCUT2D eigenvalue weighted by molar-refractivity contribution is 0.0576. The van der Waals surface area contributed by atoms with Crippen LogP contribution in [0.1, 0.15) is 58.4 Å². The van der Waals surface area contributed by atoms with Crippen molar-refractivity contribution in [1.82, 2.24) is 4.98 Å². The summed E-state index contributed by atoms with van der Waals surface area (Å²) in [5.41, 5.74) is 1.53. The van der Waals surface area contributed by atoms with Crippen LogP contribution < -0.4 is 4.90 Å². The standard InChI is InChI=1S/C18H25N3O2/c1-18(2,3)23-17(22)21(13-9-10-13)16-14(7-6-12-20-16)15-8-4-5-11-19-15/h6-7,12-13H,4-5,8-11H2,1-3H3. The molecule has 1 aromatic heterocycles. The molecule has 0 saturated heterocycles. The number of hydrogen-bond acceptors (Lipinski definition) is 4. The molecule has 1 saturated carbocycles. The minimum atomic E-state index is -0.512. The maximum Gasteiger partial charge on any atom is 0.416 e. The Morgan fingerprint density at radius 2 is 2.09 bits per heavy atom. The minimum absolute atomic E-state index is 0.197. The number of amides is 1. The molecule has 0 radical (unpaired) electrons. The molecular weight excluding hydrogens is 290 g/mol. The lowest BCUT2D eigenvalue weighted by atomic mass is 10.0. The predicted octanol–water partition coefficient (Wildman–Crippen LogP) is 3.96. The summed E-state index contributed by atoms with van der Waals surface area (Å²) in [6.45, 7) is 6.53. The summed E-state index contributed by atoms with van der Waals surface area (Å²) in [6.07, 6.45) is 6.66. The third kappa shape index (κ3) is 3.89. The zero-order chi connectivity index (χ0) is 16.4. The molecular formula is C18H25N3O2. The van der Waals surface area contributed by atoms with Crippen molar-refractivity contribution in [3.8, 4) is 0 Å². The first-order valence-electron chi connectivity index (χ1n) is 8.46. The van der Waals surface area contributed by atoms with Gasteiger partial charge in [0.05, 0.1) is 0 Å². The number of aliphatic imine (C=N–C) groups is 1. The van der Waals surface area contributed by atoms with Gasteiger partial charge in [-0.1, -0.05) is 0 Å². The van der Waals surface area contributed by atoms with E-state index in [9.17, 15) is 4.79 Å². The van der Waals surface area contributed by atoms with E-state index in [0.717, 1.165) is 49.9 Å². The molecule has 1 aromatic rings. The molecule has 1 aliphatic carbocycles. The van der Waals surface area contributed by atoms with Gasteiger partial charge in [0.2, 0.25) is 0 Å². The molecule has 2 aliphatic rings. The van der Waals surface area contributed by atoms with Gasteiger partial charge in [0, 0.05) is 30.1 Å². The van der Waals surface area contributed by atoms with Crippen molar-refractivity contribution in [1.29, 1.82) is 0 Å². The van der Waals surface area contributed by atoms with E-state index >= 15 is 0 Å². The number of hydrogen-bond donors (Lipinski definition) is 0. The molecule has 0 unspecified atom stereocenters. The zero-order valence-electron chi connectivity index (χ0n) is 14.2. The fraction of sp³-hybridized carbons (Fsp3) is 0.611. The van der Waals surface area contributed by atoms with Crippen molar-refractivity contribution in [2.45, 2.75) is 64.5 Å². The summed E-state index contributed by atoms with van der Waals surface area (Å²) in [5, 5.41) is 0. The van der Waals surface area contributed by atoms with E-state index in [1.54, 1.807) is 11.1 Å². The first-order chi connectivity index (χ1) is 11.0. The maximum atomic E-state index is 12.7. The third-order valence-corrected chi connectivity index (χ3v) is 3.95. The van der Waals surface area contributed by atoms with Crippen molar-refractivity contribution >= 4 is 17.6 Å². The fourth-order valence-corrected chi connectivity index (χ4v) is 2.78. The second-order valence-electron chi connectivity index (χ2n) is 7.24. The summed E-state index contributed by atoms with van der Waals surface area (Å²) in [5.74, 6) is 0.699. The quantitative estimate of drug-likeness (QED) is 0.848. The summed E-state index contributed by atoms with van der Waals surface area (Å²) < 4.78 is 5.61. The van der Waals surface area contributed by atoms with Gasteiger partial charge in [-0.2, -0.15) is 0 Å². The van der Waals surface area contributed by atoms with Crippen LogP contribution in [0.3, 0.4) is 0 Å². The van der Waals surface area contributed by atoms with Crippen molar-refractivity contribution in [3.05, 3.63) is 23.9 Å². The number of anilines is 1. The van der Waals surface area contributed by atoms with Crippen molar-refractivity contribution in [3.63, 3.8) is 0 Å². The van der Waals surface area contributed by atoms with Crippen LogP contribution in [0.5, 0.6) is 0 Å². The van der Waals surface area contributed by atoms with Crippen molar-refractivity contribution in [2.75, 3.05) is 11.4 Å². The molecule has 5 heteroatoms. The number of carbonyl (C=O) groups is 1. The van der Waals surface area contributed by atoms with Gasteiger partial charge in [0.25, 0.3) is 0 Å². The van der Waals surface area contributed by atoms with E-state index < -0.39 is 5.60 Å². The predicted molar refractivity (Wildman–Crippen MR) is 91.2 cm³/mol. The Balaban J connectivity index is 1.94. The van der Waals surface area contributed by atoms with E-state index in [4.69, 9.17) is 4.74 Å². The number of aromatic nitrogens is 1. The van der Waals surface area contributed by atoms with E-state index in [1.165, 1.54) is 0 Å². The van der Waals surface area contributed by atoms with Crippen LogP contribution in [0.4, 0.5) is 10.6 Å². The average molecular weight is 315 g/mol. The second kappa shape index (κ2) is 6.30. The molecule has 0 N–H and O–H groups in total. The van der Waals surface area contributed by atoms with Crippen LogP contribution in [0.2, 0.25) is 0 Å². The highest BCUT2D eigenvalue weighted by Crippen LogP contribution is 2.34. The summed E-state index contributed by atoms with van der Waals surface area (Å²) in [6, 6.07) is 4.13. The van der Waals surface area contributed by atoms with Gasteiger partial charge in [-0.15, -0.1) is 0 Å². The maximum absolute atomic E-state index is 12.7. The molecule has 0 bridgehead atoms. The topological polar surface area (TPSA) is 54.8 Å². The van der Waals surface area contributed by atoms with E-state index in [2.05, 4.69) is 9.98 Å². The van der Waals surface area contributed by atoms with Gasteiger partial charge < -0.3 is 4.74 Å². The summed E-state index contributed by atoms with van der Waals surface area (Å²) in [7, 11) is 0. The zero-order valence-corrected chi connectivity index (χ0v) is 14.2. The highest BCUT2D eigenvalue weighted by molar-refractivity contribution is 6.07. The summed E-state index contributed by atoms with van der Waals surface area (Å²) >= 11 is 0. The van der Waals surface area contributed by atoms with Gasteiger partial charge in [0.1, 0.15) is 11.4 Å². The molecule has 0 spiro atoms. The van der Waals surface area contributed by atoms with Crippen LogP contribution in [0.15, 0.2) is 23.3 Å². The van der Waals surface area contributed by atoms with Crippen LogP contribution in [-0.2, 0) is 4.74 Å². The molecule has 2 heterocycles. The minimum Gasteiger partial charge on any atom is -0.443 e. The molecule has 3 rings (SSSR count). The van der Waals surface area contributed by atoms with E-state index in [0.29, 0.717) is 5.82 Å². The Labute approximate surface area is 137 Å². The molecule has 1 fully saturated rings. The number of carbonyl (C=O) groups excluding carboxylic acids is 1. The van der Waals surface area contributed by atoms with Crippen molar-refractivity contribution in [2.24, 2.45) is 4.99 Å². The Kier molecular flexibility index (Phi) is 4.37. The number of ether oxygens (including phenoxy) is 1. The smallest absolute Gasteiger partial charge is 0.416 e. The normalized spacial score (nSPS) is 18.3. The molecule has 5 nitrogen and oxygen atoms in total. The molecule has 1 amide bonds. The van der Waals surface area contributed by atoms with Gasteiger partial charge in [-0.05, 0) is 65.0 Å². The van der Waals surface area contributed by atoms with Crippen LogP contribution in [0, 0.1) is 0 Å². The average Bonchev–Trinajstić information content (AvgIpc) is 3.32. The monoisotopic (exact) mass is 315 g/mol. The molecule has 0 aromatic carbocycles. The largest absolute Gasteiger partial charge is 0.443 e. The van der Waals surface area contributed by atoms with E-state index in [-0.39, 0.29) is 12.1 Å². The van der Waals surface area contributed by atoms with E-state index in [1.807, 2.05) is 32.9 Å². The molecule has 1 aliphatic heterocycles. The summed E-state index contributed by atoms with van der Waals surface area (Å²) in [4.78, 5) is 23.6. The number of pyridine rings is 1. The van der Waals surface area contributed by atoms with Crippen molar-refractivity contribution < 1.29 is 9.53 Å². The second-order valence-corrected chi connectivity index (χ2v) is 7.24. The van der Waals surface area contributed by atoms with Gasteiger partial charge in [-0.25, -0.2) is 9.78 Å². The lowest BCUT2D eigenvalue weighted by Crippen LogP contribution is -2.39. The molecule has 124 valence electrons. The molecule has 23 heavy (non-hydrogen) atoms. The number of nitrogens with zero attached hydrogens (tertiary/aromatic N) is 3. The fourth-order valence-electron chi connectivity index (χ4n) is 2.78. The van der Waals surface area contributed by atoms with Gasteiger partial charge in [-0.3, -0.25) is 9.89 Å². The number of rotatable bonds is 3. The Bertz CT molecular complexity index is 615. The first kappa shape index (κ1) is 16.0. The van der Waals surface area contributed by atoms with Gasteiger partial charge in [0.15, 0.2) is 0 Å². The Morgan fingerprint density at radius 3 is 2.70 bits per heavy atom. The third-order valence-electron chi connectivity index (χ3n) is 3.95. The van der Waals surface area contributed by atoms with Crippen LogP contribution >= 0.6 is 0 Å². The highest BCUT2D eigenvalue weighted by atomic mass is 16.6.